The zero-order chi connectivity index (χ0) is 24.8. The van der Waals surface area contributed by atoms with Gasteiger partial charge < -0.3 is 14.4 Å². The van der Waals surface area contributed by atoms with E-state index in [2.05, 4.69) is 39.8 Å². The maximum absolute atomic E-state index is 14.0. The molecule has 5 nitrogen and oxygen atoms in total. The Bertz CT molecular complexity index is 1160. The van der Waals surface area contributed by atoms with E-state index in [0.717, 1.165) is 24.1 Å². The molecule has 0 radical (unpaired) electrons. The van der Waals surface area contributed by atoms with Gasteiger partial charge in [0.15, 0.2) is 11.5 Å². The Kier molecular flexibility index (Phi) is 6.23. The third kappa shape index (κ3) is 3.50. The molecule has 2 aromatic carbocycles. The van der Waals surface area contributed by atoms with E-state index in [1.165, 1.54) is 5.70 Å². The summed E-state index contributed by atoms with van der Waals surface area (Å²) in [7, 11) is 7.32. The number of amides is 1. The van der Waals surface area contributed by atoms with Gasteiger partial charge in [-0.2, -0.15) is 0 Å². The molecule has 0 unspecified atom stereocenters. The van der Waals surface area contributed by atoms with E-state index in [-0.39, 0.29) is 16.7 Å². The number of benzene rings is 2. The summed E-state index contributed by atoms with van der Waals surface area (Å²) in [5.74, 6) is 1.20. The molecule has 2 atom stereocenters. The fourth-order valence-electron chi connectivity index (χ4n) is 6.00. The molecule has 1 amide bonds. The number of thiocarbonyl (C=S) groups is 1. The van der Waals surface area contributed by atoms with Gasteiger partial charge in [0.05, 0.1) is 19.9 Å². The highest BCUT2D eigenvalue weighted by Gasteiger charge is 2.62. The largest absolute Gasteiger partial charge is 0.493 e. The summed E-state index contributed by atoms with van der Waals surface area (Å²) in [5, 5.41) is 0. The first-order chi connectivity index (χ1) is 16.1. The number of rotatable bonds is 6. The number of hydrogen-bond donors (Lipinski definition) is 0. The lowest BCUT2D eigenvalue weighted by molar-refractivity contribution is 0.100. The smallest absolute Gasteiger partial charge is 0.263 e. The molecular weight excluding hydrogens is 444 g/mol. The normalized spacial score (nSPS) is 22.5. The average molecular weight is 479 g/mol. The summed E-state index contributed by atoms with van der Waals surface area (Å²) in [4.78, 5) is 18.5. The minimum Gasteiger partial charge on any atom is -0.493 e. The Hall–Kier alpha value is -2.86. The summed E-state index contributed by atoms with van der Waals surface area (Å²) in [6, 6.07) is 14.9. The third-order valence-electron chi connectivity index (χ3n) is 8.08. The van der Waals surface area contributed by atoms with Gasteiger partial charge in [-0.3, -0.25) is 9.69 Å². The summed E-state index contributed by atoms with van der Waals surface area (Å²) < 4.78 is 10.8. The lowest BCUT2D eigenvalue weighted by Crippen LogP contribution is -2.39. The van der Waals surface area contributed by atoms with Crippen LogP contribution in [0.1, 0.15) is 44.0 Å². The number of para-hydroxylation sites is 1. The highest BCUT2D eigenvalue weighted by atomic mass is 32.1. The van der Waals surface area contributed by atoms with Crippen LogP contribution in [0, 0.1) is 16.7 Å². The third-order valence-corrected chi connectivity index (χ3v) is 8.48. The average Bonchev–Trinajstić information content (AvgIpc) is 3.16. The van der Waals surface area contributed by atoms with E-state index >= 15 is 0 Å². The number of fused-ring (bicyclic) bond motifs is 2. The van der Waals surface area contributed by atoms with Gasteiger partial charge in [-0.05, 0) is 54.5 Å². The van der Waals surface area contributed by atoms with Crippen molar-refractivity contribution in [3.63, 3.8) is 0 Å². The van der Waals surface area contributed by atoms with Crippen LogP contribution in [-0.4, -0.2) is 44.1 Å². The Balaban J connectivity index is 1.86. The zero-order valence-corrected chi connectivity index (χ0v) is 22.0. The SMILES string of the molecule is COc1ccc(C(=O)N(C(=S)C2=C(N(C)C)[C@]3(C)CC[C@H]2C3(C)C)c2ccccc2)cc1OC. The zero-order valence-electron chi connectivity index (χ0n) is 21.1. The highest BCUT2D eigenvalue weighted by Crippen LogP contribution is 2.68. The predicted molar refractivity (Wildman–Crippen MR) is 141 cm³/mol. The van der Waals surface area contributed by atoms with Crippen molar-refractivity contribution in [1.29, 1.82) is 0 Å². The molecule has 2 aliphatic carbocycles. The molecule has 0 spiro atoms. The molecule has 180 valence electrons. The van der Waals surface area contributed by atoms with Gasteiger partial charge in [0.1, 0.15) is 4.99 Å². The maximum atomic E-state index is 14.0. The van der Waals surface area contributed by atoms with Crippen LogP contribution in [0.2, 0.25) is 0 Å². The number of allylic oxidation sites excluding steroid dienone is 1. The van der Waals surface area contributed by atoms with Gasteiger partial charge in [-0.1, -0.05) is 51.2 Å². The monoisotopic (exact) mass is 478 g/mol. The van der Waals surface area contributed by atoms with Gasteiger partial charge in [0.2, 0.25) is 0 Å². The van der Waals surface area contributed by atoms with Crippen molar-refractivity contribution < 1.29 is 14.3 Å². The first-order valence-electron chi connectivity index (χ1n) is 11.7. The number of methoxy groups -OCH3 is 2. The molecule has 2 aromatic rings. The Morgan fingerprint density at radius 3 is 2.24 bits per heavy atom. The van der Waals surface area contributed by atoms with Crippen molar-refractivity contribution in [2.45, 2.75) is 33.6 Å². The fraction of sp³-hybridized carbons (Fsp3) is 0.429. The van der Waals surface area contributed by atoms with E-state index in [9.17, 15) is 4.79 Å². The number of hydrogen-bond acceptors (Lipinski definition) is 5. The molecule has 0 heterocycles. The molecule has 0 saturated heterocycles. The minimum absolute atomic E-state index is 0.00922. The van der Waals surface area contributed by atoms with Crippen LogP contribution < -0.4 is 14.4 Å². The number of ether oxygens (including phenoxy) is 2. The van der Waals surface area contributed by atoms with E-state index in [1.807, 2.05) is 30.3 Å². The fourth-order valence-corrected chi connectivity index (χ4v) is 6.43. The van der Waals surface area contributed by atoms with Crippen molar-refractivity contribution in [2.24, 2.45) is 16.7 Å². The molecule has 4 rings (SSSR count). The Labute approximate surface area is 208 Å². The van der Waals surface area contributed by atoms with Crippen molar-refractivity contribution in [1.82, 2.24) is 4.90 Å². The van der Waals surface area contributed by atoms with Crippen LogP contribution in [0.25, 0.3) is 0 Å². The van der Waals surface area contributed by atoms with Crippen LogP contribution >= 0.6 is 12.2 Å². The van der Waals surface area contributed by atoms with Gasteiger partial charge in [0.25, 0.3) is 5.91 Å². The number of anilines is 1. The van der Waals surface area contributed by atoms with Gasteiger partial charge in [-0.25, -0.2) is 0 Å². The molecule has 2 bridgehead atoms. The molecular formula is C28H34N2O3S. The number of nitrogens with zero attached hydrogens (tertiary/aromatic N) is 2. The van der Waals surface area contributed by atoms with Crippen molar-refractivity contribution >= 4 is 28.8 Å². The Morgan fingerprint density at radius 1 is 1.00 bits per heavy atom. The summed E-state index contributed by atoms with van der Waals surface area (Å²) in [6.45, 7) is 7.03. The maximum Gasteiger partial charge on any atom is 0.263 e. The topological polar surface area (TPSA) is 42.0 Å². The van der Waals surface area contributed by atoms with E-state index in [1.54, 1.807) is 37.3 Å². The summed E-state index contributed by atoms with van der Waals surface area (Å²) in [6.07, 6.45) is 2.20. The quantitative estimate of drug-likeness (QED) is 0.480. The van der Waals surface area contributed by atoms with Gasteiger partial charge in [-0.15, -0.1) is 0 Å². The molecule has 34 heavy (non-hydrogen) atoms. The second-order valence-corrected chi connectivity index (χ2v) is 10.5. The van der Waals surface area contributed by atoms with E-state index in [0.29, 0.717) is 28.0 Å². The van der Waals surface area contributed by atoms with Crippen molar-refractivity contribution in [2.75, 3.05) is 33.2 Å². The number of carbonyl (C=O) groups excluding carboxylic acids is 1. The molecule has 2 aliphatic rings. The molecule has 1 saturated carbocycles. The molecule has 0 aliphatic heterocycles. The van der Waals surface area contributed by atoms with Gasteiger partial charge in [0, 0.05) is 36.3 Å². The molecule has 6 heteroatoms. The van der Waals surface area contributed by atoms with E-state index < -0.39 is 0 Å². The molecule has 0 N–H and O–H groups in total. The number of carbonyl (C=O) groups is 1. The molecule has 1 fully saturated rings. The minimum atomic E-state index is -0.187. The first kappa shape index (κ1) is 24.3. The van der Waals surface area contributed by atoms with Crippen molar-refractivity contribution in [3.05, 3.63) is 65.4 Å². The van der Waals surface area contributed by atoms with E-state index in [4.69, 9.17) is 21.7 Å². The summed E-state index contributed by atoms with van der Waals surface area (Å²) in [5.41, 5.74) is 3.68. The lowest BCUT2D eigenvalue weighted by Gasteiger charge is -2.39. The lowest BCUT2D eigenvalue weighted by atomic mass is 9.69. The Morgan fingerprint density at radius 2 is 1.65 bits per heavy atom. The van der Waals surface area contributed by atoms with Crippen LogP contribution in [0.5, 0.6) is 11.5 Å². The second-order valence-electron chi connectivity index (χ2n) is 10.2. The molecule has 0 aromatic heterocycles. The van der Waals surface area contributed by atoms with Gasteiger partial charge >= 0.3 is 0 Å². The first-order valence-corrected chi connectivity index (χ1v) is 12.1. The highest BCUT2D eigenvalue weighted by molar-refractivity contribution is 7.81. The van der Waals surface area contributed by atoms with Crippen LogP contribution in [-0.2, 0) is 0 Å². The van der Waals surface area contributed by atoms with Crippen LogP contribution in [0.3, 0.4) is 0 Å². The van der Waals surface area contributed by atoms with Crippen LogP contribution in [0.4, 0.5) is 5.69 Å². The van der Waals surface area contributed by atoms with Crippen LogP contribution in [0.15, 0.2) is 59.8 Å². The summed E-state index contributed by atoms with van der Waals surface area (Å²) >= 11 is 6.18. The standard InChI is InChI=1S/C28H34N2O3S/c1-27(2)20-15-16-28(27,3)24(29(4)5)23(20)26(34)30(19-11-9-8-10-12-19)25(31)18-13-14-21(32-6)22(17-18)33-7/h8-14,17,20H,15-16H2,1-7H3/t20-,28+/m1/s1. The predicted octanol–water partition coefficient (Wildman–Crippen LogP) is 5.95. The second kappa shape index (κ2) is 8.73. The van der Waals surface area contributed by atoms with Crippen molar-refractivity contribution in [3.8, 4) is 11.5 Å².